The van der Waals surface area contributed by atoms with Gasteiger partial charge in [0.05, 0.1) is 0 Å². The Morgan fingerprint density at radius 1 is 1.89 bits per heavy atom. The van der Waals surface area contributed by atoms with Gasteiger partial charge in [0.15, 0.2) is 0 Å². The molecule has 0 aliphatic heterocycles. The number of aliphatic carboxylic acids is 1. The maximum Gasteiger partial charge on any atom is 1.00 e. The maximum atomic E-state index is 10.1. The average molecular weight is 125 g/mol. The van der Waals surface area contributed by atoms with Crippen LogP contribution < -0.4 is 24.2 Å². The van der Waals surface area contributed by atoms with Gasteiger partial charge in [-0.25, -0.2) is 0 Å². The first-order valence-corrected chi connectivity index (χ1v) is 2.62. The Morgan fingerprint density at radius 3 is 2.33 bits per heavy atom. The second-order valence-electron chi connectivity index (χ2n) is 1.59. The van der Waals surface area contributed by atoms with Crippen LogP contribution in [-0.4, -0.2) is 24.2 Å². The van der Waals surface area contributed by atoms with Crippen LogP contribution in [0.5, 0.6) is 0 Å². The molecule has 3 nitrogen and oxygen atoms in total. The van der Waals surface area contributed by atoms with E-state index in [0.717, 1.165) is 0 Å². The zero-order chi connectivity index (χ0) is 6.57. The number of nitrogens with one attached hydrogen (secondary N) is 1. The third kappa shape index (κ3) is 4.53. The van der Waals surface area contributed by atoms with Gasteiger partial charge in [-0.3, -0.25) is 4.79 Å². The van der Waals surface area contributed by atoms with Crippen molar-refractivity contribution in [3.05, 3.63) is 0 Å². The molecule has 4 heteroatoms. The Hall–Kier alpha value is 0.0274. The predicted molar refractivity (Wildman–Crippen MR) is 31.9 cm³/mol. The Balaban J connectivity index is -0.000000245. The normalized spacial score (nSPS) is 11.8. The molecule has 9 heavy (non-hydrogen) atoms. The molecule has 0 amide bonds. The van der Waals surface area contributed by atoms with E-state index in [2.05, 4.69) is 5.32 Å². The summed E-state index contributed by atoms with van der Waals surface area (Å²) in [4.78, 5) is 10.1. The van der Waals surface area contributed by atoms with Crippen LogP contribution in [0.2, 0.25) is 0 Å². The number of carboxylic acid groups (broad SMARTS) is 1. The smallest absolute Gasteiger partial charge is 1.00 e. The van der Waals surface area contributed by atoms with Crippen molar-refractivity contribution in [1.29, 1.82) is 0 Å². The van der Waals surface area contributed by atoms with Crippen molar-refractivity contribution < 1.29 is 30.2 Å². The van der Waals surface area contributed by atoms with Crippen LogP contribution in [-0.2, 0) is 4.79 Å². The monoisotopic (exact) mass is 125 g/mol. The summed E-state index contributed by atoms with van der Waals surface area (Å²) in [6, 6.07) is -0.380. The van der Waals surface area contributed by atoms with Gasteiger partial charge in [-0.1, -0.05) is 6.92 Å². The molecule has 0 fully saturated rings. The van der Waals surface area contributed by atoms with Gasteiger partial charge in [-0.05, 0) is 13.5 Å². The Labute approximate surface area is 68.5 Å². The molecule has 0 spiro atoms. The van der Waals surface area contributed by atoms with E-state index in [4.69, 9.17) is 5.11 Å². The van der Waals surface area contributed by atoms with Gasteiger partial charge >= 0.3 is 24.8 Å². The van der Waals surface area contributed by atoms with E-state index < -0.39 is 5.97 Å². The summed E-state index contributed by atoms with van der Waals surface area (Å²) < 4.78 is 0. The molecule has 0 saturated heterocycles. The molecule has 0 radical (unpaired) electrons. The first kappa shape index (κ1) is 11.8. The molecule has 0 rings (SSSR count). The topological polar surface area (TPSA) is 49.3 Å². The van der Waals surface area contributed by atoms with Gasteiger partial charge in [0.1, 0.15) is 6.04 Å². The van der Waals surface area contributed by atoms with Crippen LogP contribution in [0.1, 0.15) is 14.8 Å². The first-order chi connectivity index (χ1) is 3.72. The van der Waals surface area contributed by atoms with Crippen molar-refractivity contribution in [2.45, 2.75) is 19.4 Å². The summed E-state index contributed by atoms with van der Waals surface area (Å²) in [5.74, 6) is -0.782. The van der Waals surface area contributed by atoms with Gasteiger partial charge in [0.2, 0.25) is 0 Å². The average Bonchev–Trinajstić information content (AvgIpc) is 1.69. The van der Waals surface area contributed by atoms with E-state index in [9.17, 15) is 4.79 Å². The second-order valence-corrected chi connectivity index (χ2v) is 1.59. The molecular weight excluding hydrogens is 113 g/mol. The SMILES string of the molecule is CCC(NC)C(=O)O.[H-].[Li+]. The first-order valence-electron chi connectivity index (χ1n) is 2.62. The number of hydrogen-bond donors (Lipinski definition) is 2. The third-order valence-corrected chi connectivity index (χ3v) is 1.05. The predicted octanol–water partition coefficient (Wildman–Crippen LogP) is -2.81. The minimum atomic E-state index is -0.782. The molecule has 2 N–H and O–H groups in total. The van der Waals surface area contributed by atoms with Crippen LogP contribution in [0.4, 0.5) is 0 Å². The van der Waals surface area contributed by atoms with Crippen molar-refractivity contribution >= 4 is 5.97 Å². The van der Waals surface area contributed by atoms with Gasteiger partial charge in [0.25, 0.3) is 0 Å². The number of carboxylic acids is 1. The van der Waals surface area contributed by atoms with Crippen molar-refractivity contribution in [3.8, 4) is 0 Å². The second kappa shape index (κ2) is 6.15. The zero-order valence-corrected chi connectivity index (χ0v) is 6.14. The molecule has 0 saturated carbocycles. The summed E-state index contributed by atoms with van der Waals surface area (Å²) >= 11 is 0. The molecule has 0 aliphatic rings. The number of carbonyl (C=O) groups is 1. The van der Waals surface area contributed by atoms with Crippen LogP contribution in [0.3, 0.4) is 0 Å². The van der Waals surface area contributed by atoms with Gasteiger partial charge < -0.3 is 11.8 Å². The standard InChI is InChI=1S/C5H11NO2.Li.H/c1-3-4(6-2)5(7)8;;/h4,6H,3H2,1-2H3,(H,7,8);;/q;+1;-1. The number of hydrogen-bond acceptors (Lipinski definition) is 2. The molecule has 0 aromatic heterocycles. The largest absolute Gasteiger partial charge is 1.00 e. The number of rotatable bonds is 3. The molecule has 0 bridgehead atoms. The van der Waals surface area contributed by atoms with E-state index in [1.807, 2.05) is 6.92 Å². The minimum absolute atomic E-state index is 0. The van der Waals surface area contributed by atoms with Crippen LogP contribution >= 0.6 is 0 Å². The number of likely N-dealkylation sites (N-methyl/N-ethyl adjacent to an activating group) is 1. The fraction of sp³-hybridized carbons (Fsp3) is 0.800. The summed E-state index contributed by atoms with van der Waals surface area (Å²) in [6.07, 6.45) is 0.631. The van der Waals surface area contributed by atoms with E-state index in [1.54, 1.807) is 7.05 Å². The van der Waals surface area contributed by atoms with E-state index in [1.165, 1.54) is 0 Å². The van der Waals surface area contributed by atoms with Gasteiger partial charge in [0, 0.05) is 0 Å². The molecular formula is C5H12LiNO2. The van der Waals surface area contributed by atoms with E-state index in [-0.39, 0.29) is 26.3 Å². The fourth-order valence-electron chi connectivity index (χ4n) is 0.502. The van der Waals surface area contributed by atoms with Crippen molar-refractivity contribution in [2.24, 2.45) is 0 Å². The fourth-order valence-corrected chi connectivity index (χ4v) is 0.502. The van der Waals surface area contributed by atoms with Crippen molar-refractivity contribution in [2.75, 3.05) is 7.05 Å². The summed E-state index contributed by atoms with van der Waals surface area (Å²) in [5.41, 5.74) is 0. The van der Waals surface area contributed by atoms with Gasteiger partial charge in [-0.2, -0.15) is 0 Å². The molecule has 50 valence electrons. The molecule has 0 aliphatic carbocycles. The summed E-state index contributed by atoms with van der Waals surface area (Å²) in [6.45, 7) is 1.83. The molecule has 1 unspecified atom stereocenters. The molecule has 0 heterocycles. The zero-order valence-electron chi connectivity index (χ0n) is 7.14. The van der Waals surface area contributed by atoms with Gasteiger partial charge in [-0.15, -0.1) is 0 Å². The summed E-state index contributed by atoms with van der Waals surface area (Å²) in [7, 11) is 1.64. The van der Waals surface area contributed by atoms with E-state index in [0.29, 0.717) is 6.42 Å². The third-order valence-electron chi connectivity index (χ3n) is 1.05. The molecule has 0 aromatic carbocycles. The van der Waals surface area contributed by atoms with Crippen molar-refractivity contribution in [3.63, 3.8) is 0 Å². The minimum Gasteiger partial charge on any atom is -1.00 e. The van der Waals surface area contributed by atoms with Crippen LogP contribution in [0, 0.1) is 0 Å². The Bertz CT molecular complexity index is 87.7. The van der Waals surface area contributed by atoms with Crippen LogP contribution in [0.25, 0.3) is 0 Å². The quantitative estimate of drug-likeness (QED) is 0.400. The van der Waals surface area contributed by atoms with E-state index >= 15 is 0 Å². The molecule has 1 atom stereocenters. The van der Waals surface area contributed by atoms with Crippen molar-refractivity contribution in [1.82, 2.24) is 5.32 Å². The maximum absolute atomic E-state index is 10.1. The Morgan fingerprint density at radius 2 is 2.33 bits per heavy atom. The molecule has 0 aromatic rings. The van der Waals surface area contributed by atoms with Crippen LogP contribution in [0.15, 0.2) is 0 Å². The summed E-state index contributed by atoms with van der Waals surface area (Å²) in [5, 5.41) is 11.0. The Kier molecular flexibility index (Phi) is 8.05.